The molecule has 0 aliphatic carbocycles. The molecule has 0 saturated heterocycles. The van der Waals surface area contributed by atoms with Gasteiger partial charge in [0.05, 0.1) is 27.9 Å². The fourth-order valence-corrected chi connectivity index (χ4v) is 2.31. The number of nitrogens with zero attached hydrogens (tertiary/aromatic N) is 1. The van der Waals surface area contributed by atoms with E-state index in [1.165, 1.54) is 0 Å². The Hall–Kier alpha value is -2.16. The highest BCUT2D eigenvalue weighted by atomic mass is 127. The lowest BCUT2D eigenvalue weighted by atomic mass is 10.2. The van der Waals surface area contributed by atoms with Gasteiger partial charge in [0.25, 0.3) is 0 Å². The number of nitrogens with one attached hydrogen (secondary N) is 1. The van der Waals surface area contributed by atoms with Crippen molar-refractivity contribution in [3.8, 4) is 17.2 Å². The molecule has 2 rings (SSSR count). The van der Waals surface area contributed by atoms with Crippen LogP contribution in [0.5, 0.6) is 17.2 Å². The van der Waals surface area contributed by atoms with E-state index in [1.54, 1.807) is 21.3 Å². The molecule has 0 aromatic heterocycles. The van der Waals surface area contributed by atoms with E-state index in [0.717, 1.165) is 16.8 Å². The molecule has 0 bridgehead atoms. The minimum atomic E-state index is 0. The van der Waals surface area contributed by atoms with E-state index in [1.807, 2.05) is 43.3 Å². The number of benzene rings is 2. The first kappa shape index (κ1) is 20.9. The number of hydrogen-bond donors (Lipinski definition) is 2. The van der Waals surface area contributed by atoms with Gasteiger partial charge >= 0.3 is 0 Å². The minimum absolute atomic E-state index is 0. The average Bonchev–Trinajstić information content (AvgIpc) is 2.58. The van der Waals surface area contributed by atoms with E-state index in [0.29, 0.717) is 29.8 Å². The summed E-state index contributed by atoms with van der Waals surface area (Å²) >= 11 is 0. The maximum absolute atomic E-state index is 5.95. The number of nitrogens with two attached hydrogens (primary N) is 1. The van der Waals surface area contributed by atoms with Crippen LogP contribution in [0.25, 0.3) is 0 Å². The lowest BCUT2D eigenvalue weighted by molar-refractivity contribution is 0.324. The summed E-state index contributed by atoms with van der Waals surface area (Å²) < 4.78 is 16.0. The monoisotopic (exact) mass is 457 g/mol. The molecule has 2 aromatic rings. The van der Waals surface area contributed by atoms with Crippen molar-refractivity contribution in [1.29, 1.82) is 0 Å². The molecule has 6 nitrogen and oxygen atoms in total. The van der Waals surface area contributed by atoms with E-state index in [2.05, 4.69) is 10.3 Å². The van der Waals surface area contributed by atoms with Crippen molar-refractivity contribution in [1.82, 2.24) is 0 Å². The fraction of sp³-hybridized carbons (Fsp3) is 0.278. The maximum atomic E-state index is 5.95. The standard InChI is InChI=1S/C18H23N3O3.HI/c1-12-6-5-7-14(8-12)21-18(19)20-11-13-9-15(22-2)17(24-4)16(10-13)23-3;/h5-10H,11H2,1-4H3,(H3,19,20,21);1H. The van der Waals surface area contributed by atoms with Crippen molar-refractivity contribution in [3.63, 3.8) is 0 Å². The molecule has 0 saturated carbocycles. The molecule has 0 heterocycles. The predicted molar refractivity (Wildman–Crippen MR) is 112 cm³/mol. The zero-order valence-corrected chi connectivity index (χ0v) is 17.2. The smallest absolute Gasteiger partial charge is 0.203 e. The van der Waals surface area contributed by atoms with Crippen LogP contribution in [0.2, 0.25) is 0 Å². The molecule has 0 unspecified atom stereocenters. The number of ether oxygens (including phenoxy) is 3. The second-order valence-corrected chi connectivity index (χ2v) is 5.23. The van der Waals surface area contributed by atoms with Crippen LogP contribution in [-0.2, 0) is 6.54 Å². The molecule has 136 valence electrons. The molecule has 0 aliphatic heterocycles. The van der Waals surface area contributed by atoms with Crippen LogP contribution in [-0.4, -0.2) is 27.3 Å². The van der Waals surface area contributed by atoms with Gasteiger partial charge in [-0.05, 0) is 42.3 Å². The second-order valence-electron chi connectivity index (χ2n) is 5.23. The first-order valence-corrected chi connectivity index (χ1v) is 7.50. The molecule has 0 spiro atoms. The maximum Gasteiger partial charge on any atom is 0.203 e. The molecular weight excluding hydrogens is 433 g/mol. The fourth-order valence-electron chi connectivity index (χ4n) is 2.31. The summed E-state index contributed by atoms with van der Waals surface area (Å²) in [5.74, 6) is 2.08. The Morgan fingerprint density at radius 2 is 1.68 bits per heavy atom. The Morgan fingerprint density at radius 1 is 1.04 bits per heavy atom. The number of guanidine groups is 1. The molecule has 0 radical (unpaired) electrons. The molecule has 0 atom stereocenters. The highest BCUT2D eigenvalue weighted by Crippen LogP contribution is 2.38. The van der Waals surface area contributed by atoms with Gasteiger partial charge in [-0.3, -0.25) is 0 Å². The van der Waals surface area contributed by atoms with Crippen LogP contribution in [0.15, 0.2) is 41.4 Å². The zero-order chi connectivity index (χ0) is 17.5. The van der Waals surface area contributed by atoms with Gasteiger partial charge in [-0.1, -0.05) is 12.1 Å². The van der Waals surface area contributed by atoms with Gasteiger partial charge in [0.2, 0.25) is 5.75 Å². The number of anilines is 1. The Morgan fingerprint density at radius 3 is 2.20 bits per heavy atom. The number of hydrogen-bond acceptors (Lipinski definition) is 4. The Bertz CT molecular complexity index is 710. The lowest BCUT2D eigenvalue weighted by Crippen LogP contribution is -2.22. The third-order valence-electron chi connectivity index (χ3n) is 3.45. The largest absolute Gasteiger partial charge is 0.493 e. The summed E-state index contributed by atoms with van der Waals surface area (Å²) in [6.07, 6.45) is 0. The number of methoxy groups -OCH3 is 3. The summed E-state index contributed by atoms with van der Waals surface area (Å²) in [5, 5.41) is 3.07. The van der Waals surface area contributed by atoms with Crippen LogP contribution in [0, 0.1) is 6.92 Å². The average molecular weight is 457 g/mol. The zero-order valence-electron chi connectivity index (χ0n) is 14.8. The van der Waals surface area contributed by atoms with Gasteiger partial charge in [0.1, 0.15) is 0 Å². The molecule has 0 fully saturated rings. The number of aryl methyl sites for hydroxylation is 1. The predicted octanol–water partition coefficient (Wildman–Crippen LogP) is 3.57. The highest BCUT2D eigenvalue weighted by Gasteiger charge is 2.12. The summed E-state index contributed by atoms with van der Waals surface area (Å²) in [6.45, 7) is 2.41. The third-order valence-corrected chi connectivity index (χ3v) is 3.45. The molecule has 0 aliphatic rings. The van der Waals surface area contributed by atoms with E-state index >= 15 is 0 Å². The van der Waals surface area contributed by atoms with Gasteiger partial charge in [0.15, 0.2) is 17.5 Å². The van der Waals surface area contributed by atoms with Crippen LogP contribution in [0.3, 0.4) is 0 Å². The summed E-state index contributed by atoms with van der Waals surface area (Å²) in [5.41, 5.74) is 8.91. The topological polar surface area (TPSA) is 78.1 Å². The first-order valence-electron chi connectivity index (χ1n) is 7.50. The van der Waals surface area contributed by atoms with Crippen LogP contribution < -0.4 is 25.3 Å². The third kappa shape index (κ3) is 5.70. The minimum Gasteiger partial charge on any atom is -0.493 e. The molecular formula is C18H24IN3O3. The van der Waals surface area contributed by atoms with Gasteiger partial charge < -0.3 is 25.3 Å². The quantitative estimate of drug-likeness (QED) is 0.394. The van der Waals surface area contributed by atoms with Crippen molar-refractivity contribution >= 4 is 35.6 Å². The Balaban J connectivity index is 0.00000312. The molecule has 7 heteroatoms. The molecule has 0 amide bonds. The Kier molecular flexibility index (Phi) is 8.33. The first-order chi connectivity index (χ1) is 11.6. The summed E-state index contributed by atoms with van der Waals surface area (Å²) in [4.78, 5) is 4.36. The Labute approximate surface area is 165 Å². The van der Waals surface area contributed by atoms with E-state index in [-0.39, 0.29) is 24.0 Å². The van der Waals surface area contributed by atoms with Crippen LogP contribution in [0.1, 0.15) is 11.1 Å². The normalized spacial score (nSPS) is 10.6. The van der Waals surface area contributed by atoms with Gasteiger partial charge in [0, 0.05) is 5.69 Å². The SMILES string of the molecule is COc1cc(CN=C(N)Nc2cccc(C)c2)cc(OC)c1OC.I. The molecule has 25 heavy (non-hydrogen) atoms. The van der Waals surface area contributed by atoms with E-state index < -0.39 is 0 Å². The van der Waals surface area contributed by atoms with Crippen LogP contribution in [0.4, 0.5) is 5.69 Å². The lowest BCUT2D eigenvalue weighted by Gasteiger charge is -2.13. The second kappa shape index (κ2) is 9.97. The highest BCUT2D eigenvalue weighted by molar-refractivity contribution is 14.0. The van der Waals surface area contributed by atoms with Crippen molar-refractivity contribution in [3.05, 3.63) is 47.5 Å². The summed E-state index contributed by atoms with van der Waals surface area (Å²) in [7, 11) is 4.73. The number of aliphatic imine (C=N–C) groups is 1. The van der Waals surface area contributed by atoms with Crippen LogP contribution >= 0.6 is 24.0 Å². The van der Waals surface area contributed by atoms with Crippen molar-refractivity contribution in [2.24, 2.45) is 10.7 Å². The van der Waals surface area contributed by atoms with E-state index in [4.69, 9.17) is 19.9 Å². The van der Waals surface area contributed by atoms with Crippen molar-refractivity contribution < 1.29 is 14.2 Å². The van der Waals surface area contributed by atoms with Crippen molar-refractivity contribution in [2.45, 2.75) is 13.5 Å². The van der Waals surface area contributed by atoms with E-state index in [9.17, 15) is 0 Å². The van der Waals surface area contributed by atoms with Gasteiger partial charge in [-0.2, -0.15) is 0 Å². The number of halogens is 1. The van der Waals surface area contributed by atoms with Gasteiger partial charge in [-0.15, -0.1) is 24.0 Å². The summed E-state index contributed by atoms with van der Waals surface area (Å²) in [6, 6.07) is 11.6. The van der Waals surface area contributed by atoms with Gasteiger partial charge in [-0.25, -0.2) is 4.99 Å². The number of rotatable bonds is 6. The van der Waals surface area contributed by atoms with Crippen molar-refractivity contribution in [2.75, 3.05) is 26.6 Å². The molecule has 2 aromatic carbocycles. The molecule has 3 N–H and O–H groups in total.